The molecule has 0 N–H and O–H groups in total. The zero-order chi connectivity index (χ0) is 21.7. The van der Waals surface area contributed by atoms with Crippen LogP contribution in [-0.2, 0) is 0 Å². The first-order chi connectivity index (χ1) is 15.1. The summed E-state index contributed by atoms with van der Waals surface area (Å²) in [7, 11) is -2.18. The summed E-state index contributed by atoms with van der Waals surface area (Å²) in [4.78, 5) is 0. The van der Waals surface area contributed by atoms with E-state index in [0.717, 1.165) is 0 Å². The molecule has 0 aromatic heterocycles. The van der Waals surface area contributed by atoms with Crippen LogP contribution in [0.1, 0.15) is 11.1 Å². The fourth-order valence-corrected chi connectivity index (χ4v) is 11.5. The van der Waals surface area contributed by atoms with Gasteiger partial charge in [0.05, 0.1) is 0 Å². The van der Waals surface area contributed by atoms with Crippen molar-refractivity contribution in [2.24, 2.45) is 0 Å². The average molecular weight is 479 g/mol. The van der Waals surface area contributed by atoms with Gasteiger partial charge in [0, 0.05) is 0 Å². The van der Waals surface area contributed by atoms with E-state index < -0.39 is 22.7 Å². The van der Waals surface area contributed by atoms with Gasteiger partial charge >= 0.3 is 193 Å². The summed E-state index contributed by atoms with van der Waals surface area (Å²) in [5, 5.41) is 2.74. The van der Waals surface area contributed by atoms with Crippen LogP contribution in [0.3, 0.4) is 0 Å². The average Bonchev–Trinajstić information content (AvgIpc) is 2.82. The SMILES string of the molecule is Cc1ccc([As](C#C[Si](C)(c2ccccc2)c2ccccc2)c2ccc(C)cc2)cc1. The van der Waals surface area contributed by atoms with Crippen molar-refractivity contribution in [2.45, 2.75) is 20.4 Å². The van der Waals surface area contributed by atoms with Crippen molar-refractivity contribution < 1.29 is 0 Å². The molecule has 0 bridgehead atoms. The summed E-state index contributed by atoms with van der Waals surface area (Å²) in [6.45, 7) is 6.68. The molecule has 0 fully saturated rings. The van der Waals surface area contributed by atoms with Crippen LogP contribution in [-0.4, -0.2) is 22.7 Å². The van der Waals surface area contributed by atoms with Crippen LogP contribution in [0.2, 0.25) is 6.55 Å². The van der Waals surface area contributed by atoms with Gasteiger partial charge in [-0.05, 0) is 0 Å². The quantitative estimate of drug-likeness (QED) is 0.309. The number of aryl methyl sites for hydroxylation is 2. The van der Waals surface area contributed by atoms with E-state index in [1.807, 2.05) is 0 Å². The molecule has 0 saturated carbocycles. The fraction of sp³-hybridized carbons (Fsp3) is 0.103. The molecule has 0 radical (unpaired) electrons. The number of hydrogen-bond donors (Lipinski definition) is 0. The second-order valence-electron chi connectivity index (χ2n) is 8.10. The van der Waals surface area contributed by atoms with E-state index in [0.29, 0.717) is 0 Å². The van der Waals surface area contributed by atoms with Crippen molar-refractivity contribution in [1.29, 1.82) is 0 Å². The third-order valence-electron chi connectivity index (χ3n) is 5.70. The Morgan fingerprint density at radius 2 is 0.935 bits per heavy atom. The number of benzene rings is 4. The molecule has 0 amide bonds. The molecule has 4 aromatic carbocycles. The van der Waals surface area contributed by atoms with Crippen molar-refractivity contribution in [2.75, 3.05) is 0 Å². The Balaban J connectivity index is 1.85. The molecule has 31 heavy (non-hydrogen) atoms. The van der Waals surface area contributed by atoms with Crippen molar-refractivity contribution >= 4 is 41.8 Å². The van der Waals surface area contributed by atoms with E-state index in [4.69, 9.17) is 0 Å². The topological polar surface area (TPSA) is 0 Å². The summed E-state index contributed by atoms with van der Waals surface area (Å²) < 4.78 is 6.68. The van der Waals surface area contributed by atoms with Gasteiger partial charge in [-0.2, -0.15) is 0 Å². The molecule has 152 valence electrons. The molecule has 0 nitrogen and oxygen atoms in total. The maximum atomic E-state index is 3.91. The monoisotopic (exact) mass is 478 g/mol. The van der Waals surface area contributed by atoms with Gasteiger partial charge in [0.1, 0.15) is 0 Å². The van der Waals surface area contributed by atoms with Gasteiger partial charge in [0.2, 0.25) is 0 Å². The van der Waals surface area contributed by atoms with E-state index >= 15 is 0 Å². The van der Waals surface area contributed by atoms with Gasteiger partial charge in [-0.1, -0.05) is 0 Å². The molecule has 0 atom stereocenters. The van der Waals surface area contributed by atoms with Gasteiger partial charge in [-0.3, -0.25) is 0 Å². The molecule has 4 rings (SSSR count). The first kappa shape index (κ1) is 21.4. The zero-order valence-corrected chi connectivity index (χ0v) is 21.2. The third-order valence-corrected chi connectivity index (χ3v) is 13.9. The predicted molar refractivity (Wildman–Crippen MR) is 139 cm³/mol. The van der Waals surface area contributed by atoms with E-state index in [9.17, 15) is 0 Å². The zero-order valence-electron chi connectivity index (χ0n) is 18.3. The van der Waals surface area contributed by atoms with Crippen molar-refractivity contribution in [3.8, 4) is 10.3 Å². The number of rotatable bonds is 4. The van der Waals surface area contributed by atoms with Crippen molar-refractivity contribution in [3.05, 3.63) is 120 Å². The Morgan fingerprint density at radius 1 is 0.548 bits per heavy atom. The summed E-state index contributed by atoms with van der Waals surface area (Å²) in [6.07, 6.45) is 0. The van der Waals surface area contributed by atoms with Crippen LogP contribution in [0.15, 0.2) is 109 Å². The summed E-state index contributed by atoms with van der Waals surface area (Å²) in [5.74, 6) is 0. The van der Waals surface area contributed by atoms with Gasteiger partial charge < -0.3 is 0 Å². The van der Waals surface area contributed by atoms with Crippen LogP contribution in [0, 0.1) is 24.1 Å². The second-order valence-corrected chi connectivity index (χ2v) is 15.8. The van der Waals surface area contributed by atoms with Crippen LogP contribution >= 0.6 is 0 Å². The van der Waals surface area contributed by atoms with Crippen LogP contribution in [0.25, 0.3) is 0 Å². The van der Waals surface area contributed by atoms with Gasteiger partial charge in [0.15, 0.2) is 0 Å². The Labute approximate surface area is 192 Å². The minimum absolute atomic E-state index is 1.29. The molecule has 0 saturated heterocycles. The van der Waals surface area contributed by atoms with Crippen LogP contribution in [0.4, 0.5) is 0 Å². The van der Waals surface area contributed by atoms with E-state index in [1.165, 1.54) is 30.2 Å². The standard InChI is InChI=1S/C29H27AsSi/c1-24-14-18-26(19-15-24)30(27-20-16-25(2)17-21-27)22-23-31(3,28-10-6-4-7-11-28)29-12-8-5-9-13-29/h4-21H,1-3H3. The Kier molecular flexibility index (Phi) is 6.62. The van der Waals surface area contributed by atoms with E-state index in [-0.39, 0.29) is 0 Å². The molecular formula is C29H27AsSi. The fourth-order valence-electron chi connectivity index (χ4n) is 3.69. The van der Waals surface area contributed by atoms with Crippen LogP contribution in [0.5, 0.6) is 0 Å². The predicted octanol–water partition coefficient (Wildman–Crippen LogP) is 3.89. The molecule has 0 unspecified atom stereocenters. The molecule has 2 heteroatoms. The molecular weight excluding hydrogens is 451 g/mol. The first-order valence-corrected chi connectivity index (χ1v) is 15.9. The van der Waals surface area contributed by atoms with Crippen molar-refractivity contribution in [1.82, 2.24) is 0 Å². The van der Waals surface area contributed by atoms with E-state index in [1.54, 1.807) is 0 Å². The third kappa shape index (κ3) is 4.93. The van der Waals surface area contributed by atoms with Crippen LogP contribution < -0.4 is 19.1 Å². The molecule has 0 spiro atoms. The van der Waals surface area contributed by atoms with Gasteiger partial charge in [-0.15, -0.1) is 0 Å². The normalized spacial score (nSPS) is 11.1. The molecule has 4 aromatic rings. The Bertz CT molecular complexity index is 1100. The van der Waals surface area contributed by atoms with Crippen molar-refractivity contribution in [3.63, 3.8) is 0 Å². The maximum absolute atomic E-state index is 3.91. The molecule has 0 aliphatic carbocycles. The molecule has 0 aliphatic heterocycles. The van der Waals surface area contributed by atoms with E-state index in [2.05, 4.69) is 140 Å². The summed E-state index contributed by atoms with van der Waals surface area (Å²) in [5.41, 5.74) is 6.50. The molecule has 0 aliphatic rings. The summed E-state index contributed by atoms with van der Waals surface area (Å²) >= 11 is -1.75. The molecule has 0 heterocycles. The summed E-state index contributed by atoms with van der Waals surface area (Å²) in [6, 6.07) is 39.8. The second kappa shape index (κ2) is 9.57. The Hall–Kier alpha value is -2.78. The first-order valence-electron chi connectivity index (χ1n) is 10.6. The van der Waals surface area contributed by atoms with Gasteiger partial charge in [-0.25, -0.2) is 0 Å². The number of hydrogen-bond acceptors (Lipinski definition) is 0. The van der Waals surface area contributed by atoms with Gasteiger partial charge in [0.25, 0.3) is 0 Å². The Morgan fingerprint density at radius 3 is 1.32 bits per heavy atom. The minimum atomic E-state index is -2.18.